The molecule has 40 nitrogen and oxygen atoms in total. The Kier molecular flexibility index (Phi) is 29.2. The third-order valence-electron chi connectivity index (χ3n) is 22.4. The van der Waals surface area contributed by atoms with Crippen LogP contribution in [0.4, 0.5) is 0 Å². The minimum absolute atomic E-state index is 0.00968. The fourth-order valence-corrected chi connectivity index (χ4v) is 19.0. The Hall–Kier alpha value is -10.2. The number of carbonyl (C=O) groups excluding carboxylic acids is 7. The number of phenolic OH excluding ortho intramolecular Hbond substituents is 3. The van der Waals surface area contributed by atoms with E-state index in [2.05, 4.69) is 42.5 Å². The largest absolute Gasteiger partial charge is 0.508 e. The number of sulfone groups is 1. The summed E-state index contributed by atoms with van der Waals surface area (Å²) >= 11 is 21.4. The smallest absolute Gasteiger partial charge is 0.330 e. The topological polar surface area (TPSA) is 636 Å². The highest BCUT2D eigenvalue weighted by Gasteiger charge is 2.53. The lowest BCUT2D eigenvalue weighted by Crippen LogP contribution is -2.65. The summed E-state index contributed by atoms with van der Waals surface area (Å²) in [6.45, 7) is 5.00. The average molecular weight is 1880 g/mol. The number of nitrogens with one attached hydrogen (secondary N) is 8. The van der Waals surface area contributed by atoms with Gasteiger partial charge < -0.3 is 153 Å². The number of aliphatic carboxylic acids is 1. The Morgan fingerprint density at radius 2 is 1.29 bits per heavy atom. The molecule has 0 spiro atoms. The lowest BCUT2D eigenvalue weighted by molar-refractivity contribution is -0.350. The van der Waals surface area contributed by atoms with Gasteiger partial charge in [-0.05, 0) is 146 Å². The summed E-state index contributed by atoms with van der Waals surface area (Å²) in [5.41, 5.74) is 7.87. The monoisotopic (exact) mass is 1880 g/mol. The van der Waals surface area contributed by atoms with Crippen molar-refractivity contribution in [1.82, 2.24) is 42.5 Å². The first-order chi connectivity index (χ1) is 60.5. The van der Waals surface area contributed by atoms with Crippen LogP contribution in [-0.2, 0) is 78.4 Å². The number of thiophene rings is 1. The van der Waals surface area contributed by atoms with Gasteiger partial charge in [-0.3, -0.25) is 33.6 Å². The van der Waals surface area contributed by atoms with Crippen molar-refractivity contribution in [3.05, 3.63) is 163 Å². The second-order valence-electron chi connectivity index (χ2n) is 32.1. The lowest BCUT2D eigenvalue weighted by Gasteiger charge is -2.46. The Morgan fingerprint density at radius 1 is 0.664 bits per heavy atom. The van der Waals surface area contributed by atoms with E-state index < -0.39 is 294 Å². The highest BCUT2D eigenvalue weighted by Crippen LogP contribution is 2.51. The molecule has 7 amide bonds. The molecule has 1 unspecified atom stereocenters. The van der Waals surface area contributed by atoms with E-state index in [0.717, 1.165) is 78.1 Å². The van der Waals surface area contributed by atoms with Crippen LogP contribution in [0.1, 0.15) is 110 Å². The Labute approximate surface area is 747 Å². The maximum absolute atomic E-state index is 16.4. The summed E-state index contributed by atoms with van der Waals surface area (Å²) in [7, 11) is -2.52. The fourth-order valence-electron chi connectivity index (χ4n) is 15.7. The second kappa shape index (κ2) is 39.2. The van der Waals surface area contributed by atoms with E-state index in [-0.39, 0.29) is 52.1 Å². The summed E-state index contributed by atoms with van der Waals surface area (Å²) in [6, 6.07) is 7.17. The Morgan fingerprint density at radius 3 is 1.92 bits per heavy atom. The van der Waals surface area contributed by atoms with Crippen LogP contribution in [-0.4, -0.2) is 247 Å². The van der Waals surface area contributed by atoms with Crippen molar-refractivity contribution in [2.45, 2.75) is 203 Å². The molecule has 9 heterocycles. The van der Waals surface area contributed by atoms with Crippen molar-refractivity contribution in [3.8, 4) is 57.1 Å². The highest BCUT2D eigenvalue weighted by molar-refractivity contribution is 7.93. The number of phenols is 3. The number of carbonyl (C=O) groups is 8. The van der Waals surface area contributed by atoms with Gasteiger partial charge in [0.25, 0.3) is 0 Å². The molecule has 3 fully saturated rings. The number of primary amides is 1. The van der Waals surface area contributed by atoms with E-state index >= 15 is 24.0 Å². The van der Waals surface area contributed by atoms with Gasteiger partial charge >= 0.3 is 5.97 Å². The maximum Gasteiger partial charge on any atom is 0.330 e. The number of fused-ring (bicyclic) bond motifs is 15. The molecule has 0 aliphatic carbocycles. The molecule has 24 N–H and O–H groups in total. The fraction of sp³-hybridized carbons (Fsp3) is 0.422. The highest BCUT2D eigenvalue weighted by atomic mass is 35.5. The van der Waals surface area contributed by atoms with Gasteiger partial charge in [0.1, 0.15) is 124 Å². The van der Waals surface area contributed by atoms with Gasteiger partial charge in [-0.2, -0.15) is 0 Å². The number of ether oxygens (including phenoxy) is 8. The summed E-state index contributed by atoms with van der Waals surface area (Å²) < 4.78 is 78.0. The van der Waals surface area contributed by atoms with Crippen LogP contribution in [0, 0.1) is 5.92 Å². The number of hydrogen-bond acceptors (Lipinski definition) is 33. The van der Waals surface area contributed by atoms with E-state index in [9.17, 15) is 84.1 Å². The van der Waals surface area contributed by atoms with Crippen LogP contribution in [0.25, 0.3) is 11.1 Å². The third-order valence-corrected chi connectivity index (χ3v) is 26.6. The molecule has 0 radical (unpaired) electrons. The number of carboxylic acids is 1. The maximum atomic E-state index is 16.4. The zero-order valence-corrected chi connectivity index (χ0v) is 72.2. The Bertz CT molecular complexity index is 5510. The van der Waals surface area contributed by atoms with Gasteiger partial charge in [0, 0.05) is 57.7 Å². The number of nitrogens with two attached hydrogens (primary N) is 2. The molecule has 128 heavy (non-hydrogen) atoms. The van der Waals surface area contributed by atoms with Crippen molar-refractivity contribution in [2.24, 2.45) is 17.4 Å². The number of hydrogen-bond donors (Lipinski definition) is 22. The predicted octanol–water partition coefficient (Wildman–Crippen LogP) is 1.28. The van der Waals surface area contributed by atoms with Gasteiger partial charge in [0.05, 0.1) is 46.2 Å². The number of carboxylic acid groups (broad SMARTS) is 1. The van der Waals surface area contributed by atoms with Crippen molar-refractivity contribution in [3.63, 3.8) is 0 Å². The van der Waals surface area contributed by atoms with E-state index in [1.54, 1.807) is 13.8 Å². The molecule has 23 atom stereocenters. The third kappa shape index (κ3) is 20.5. The number of amides is 7. The van der Waals surface area contributed by atoms with E-state index in [1.807, 2.05) is 0 Å². The molecule has 45 heteroatoms. The van der Waals surface area contributed by atoms with Crippen LogP contribution < -0.4 is 68.2 Å². The van der Waals surface area contributed by atoms with Gasteiger partial charge in [0.2, 0.25) is 63.2 Å². The molecule has 6 aromatic carbocycles. The van der Waals surface area contributed by atoms with E-state index in [0.29, 0.717) is 9.90 Å². The quantitative estimate of drug-likeness (QED) is 0.0482. The molecule has 0 saturated carbocycles. The summed E-state index contributed by atoms with van der Waals surface area (Å²) in [5.74, 6) is -16.9. The first-order valence-corrected chi connectivity index (χ1v) is 43.4. The minimum Gasteiger partial charge on any atom is -0.508 e. The van der Waals surface area contributed by atoms with E-state index in [1.165, 1.54) is 69.4 Å². The van der Waals surface area contributed by atoms with Gasteiger partial charge in [-0.1, -0.05) is 66.8 Å². The normalized spacial score (nSPS) is 29.5. The molecule has 688 valence electrons. The minimum atomic E-state index is -3.97. The molecule has 11 bridgehead atoms. The Balaban J connectivity index is 0.956. The summed E-state index contributed by atoms with van der Waals surface area (Å²) in [6.07, 6.45) is -29.9. The molecule has 1 aromatic heterocycles. The first-order valence-electron chi connectivity index (χ1n) is 40.0. The van der Waals surface area contributed by atoms with Crippen molar-refractivity contribution < 1.29 is 146 Å². The zero-order valence-electron chi connectivity index (χ0n) is 68.3. The summed E-state index contributed by atoms with van der Waals surface area (Å²) in [4.78, 5) is 121. The summed E-state index contributed by atoms with van der Waals surface area (Å²) in [5, 5.41) is 159. The average Bonchev–Trinajstić information content (AvgIpc) is 0.952. The molecule has 3 saturated heterocycles. The number of benzene rings is 6. The van der Waals surface area contributed by atoms with Crippen LogP contribution >= 0.6 is 46.1 Å². The predicted molar refractivity (Wildman–Crippen MR) is 448 cm³/mol. The molecule has 8 aliphatic rings. The van der Waals surface area contributed by atoms with E-state index in [4.69, 9.17) is 84.2 Å². The van der Waals surface area contributed by atoms with Crippen molar-refractivity contribution in [2.75, 3.05) is 20.2 Å². The first kappa shape index (κ1) is 95.3. The van der Waals surface area contributed by atoms with Crippen LogP contribution in [0.2, 0.25) is 15.1 Å². The number of likely N-dealkylation sites (N-methyl/N-ethyl adjacent to an activating group) is 1. The molecule has 15 rings (SSSR count). The van der Waals surface area contributed by atoms with Crippen LogP contribution in [0.5, 0.6) is 46.0 Å². The lowest BCUT2D eigenvalue weighted by atomic mass is 9.86. The molecule has 8 aliphatic heterocycles. The number of halogens is 3. The SMILES string of the molecule is CN[C@H](CC(C)C)C(=O)NC1C(=O)N[C@@H](CC(N)=O)C(=O)N[C@H]2C(=O)N[C@H]3C(=O)N[C@H](C(=O)N[C@@H](C(=O)O)c4cc(O)cc(O)c4-c4cc3ccc4O)[C@H](O[C@H]3C[C@](C)(N)[C@@H](O)[C@H](C)O3)c3ccc(c(Cl)c3)Oc3cc2cc(c3O[C@@H]2O[C@H](CO)[C@@H](O[C@@H]3O[C@H](CNCc4ccc(S(=O)(=O)c5ccc(Cl)cc5)s4)[C@H](O)[C@H](O)[C@H]3O)[C@H](O)[C@H]2O)Oc2ccc(cc2Cl)[C@H]1O. The zero-order chi connectivity index (χ0) is 92.7. The number of rotatable bonds is 21. The number of aliphatic hydroxyl groups is 8. The molecule has 7 aromatic rings. The van der Waals surface area contributed by atoms with Gasteiger partial charge in [-0.25, -0.2) is 13.2 Å². The van der Waals surface area contributed by atoms with Gasteiger partial charge in [-0.15, -0.1) is 11.3 Å². The van der Waals surface area contributed by atoms with Crippen LogP contribution in [0.15, 0.2) is 124 Å². The van der Waals surface area contributed by atoms with Gasteiger partial charge in [0.15, 0.2) is 30.1 Å². The van der Waals surface area contributed by atoms with Crippen LogP contribution in [0.3, 0.4) is 0 Å². The second-order valence-corrected chi connectivity index (χ2v) is 36.7. The standard InChI is InChI=1S/C83H93Cl3N10O30S2/c1-31(2)18-45(89-5)74(109)95-62-64(102)34-7-15-49(43(85)20-34)120-51-22-36-23-52(71(51)125-82-69(107)67(105)72(54(30-97)123-82)126-81-68(106)66(104)65(103)53(122-81)29-90-28-39-11-17-57(127-39)128(117,118)40-12-9-37(84)10-13-40)121-50-16-8-35(21-44(50)86)70(124-56-27-83(4,88)73(108)32(3)119-56)63-79(114)94-61(80(115)116)42-24-38(98)25-48(100)58(42)41-19-33(6-14-47(41)99)59(76(111)96-63)93-77(112)60(36)92-75(110)46(26-55(87)101)91-78(62)113/h6-17,19-25,31-32,45-46,53-54,56,59-70,72-73,81-82,89-90,97-100,102-108H,18,26-30,88H2,1-5H3,(H2,87,101)(H,91,113)(H,92,110)(H,93,112)(H,94,114)(H,95,109)(H,96,111)(H,115,116)/t32-,45+,46-,53+,54+,56-,59+,60+,61+,62?,63-,64+,65-,66-,67+,68+,69+,70+,72+,73-,81-,82-,83-/m0/s1. The van der Waals surface area contributed by atoms with Crippen molar-refractivity contribution in [1.29, 1.82) is 0 Å². The number of aromatic hydroxyl groups is 3. The molecular formula is C83H93Cl3N10O30S2. The van der Waals surface area contributed by atoms with Crippen molar-refractivity contribution >= 4 is 103 Å². The number of aliphatic hydroxyl groups excluding tert-OH is 8. The molecular weight excluding hydrogens is 1790 g/mol.